The predicted molar refractivity (Wildman–Crippen MR) is 66.1 cm³/mol. The van der Waals surface area contributed by atoms with E-state index in [1.807, 2.05) is 24.3 Å². The van der Waals surface area contributed by atoms with Crippen LogP contribution in [0.1, 0.15) is 5.89 Å². The van der Waals surface area contributed by atoms with Gasteiger partial charge in [0.25, 0.3) is 0 Å². The third-order valence-electron chi connectivity index (χ3n) is 1.87. The molecule has 84 valence electrons. The van der Waals surface area contributed by atoms with E-state index in [-0.39, 0.29) is 0 Å². The Morgan fingerprint density at radius 3 is 2.69 bits per heavy atom. The van der Waals surface area contributed by atoms with Crippen LogP contribution in [-0.2, 0) is 6.42 Å². The molecule has 0 atom stereocenters. The maximum Gasteiger partial charge on any atom is 0.320 e. The average Bonchev–Trinajstić information content (AvgIpc) is 2.70. The largest absolute Gasteiger partial charge is 0.408 e. The molecule has 0 aliphatic rings. The molecule has 1 aromatic carbocycles. The van der Waals surface area contributed by atoms with Gasteiger partial charge in [-0.2, -0.15) is 0 Å². The molecule has 0 saturated carbocycles. The van der Waals surface area contributed by atoms with Gasteiger partial charge in [0.05, 0.1) is 0 Å². The monoisotopic (exact) mass is 301 g/mol. The normalized spacial score (nSPS) is 10.4. The number of alkyl halides is 1. The molecule has 4 nitrogen and oxygen atoms in total. The van der Waals surface area contributed by atoms with Crippen LogP contribution in [0.4, 0.5) is 11.7 Å². The summed E-state index contributed by atoms with van der Waals surface area (Å²) in [6.07, 6.45) is 0.580. The van der Waals surface area contributed by atoms with Crippen molar-refractivity contribution in [2.75, 3.05) is 11.2 Å². The molecule has 0 amide bonds. The first kappa shape index (κ1) is 11.4. The molecular weight excluding hydrogens is 293 g/mol. The van der Waals surface area contributed by atoms with Crippen molar-refractivity contribution in [3.63, 3.8) is 0 Å². The number of anilines is 2. The van der Waals surface area contributed by atoms with E-state index >= 15 is 0 Å². The van der Waals surface area contributed by atoms with Gasteiger partial charge in [-0.25, -0.2) is 0 Å². The molecule has 0 unspecified atom stereocenters. The maximum atomic E-state index is 5.57. The van der Waals surface area contributed by atoms with Gasteiger partial charge < -0.3 is 9.73 Å². The molecule has 1 aromatic heterocycles. The van der Waals surface area contributed by atoms with Gasteiger partial charge in [0.2, 0.25) is 5.89 Å². The second-order valence-corrected chi connectivity index (χ2v) is 4.37. The first-order valence-corrected chi connectivity index (χ1v) is 6.01. The Bertz CT molecular complexity index is 457. The summed E-state index contributed by atoms with van der Waals surface area (Å²) in [6.45, 7) is 0. The van der Waals surface area contributed by atoms with E-state index in [0.717, 1.165) is 10.2 Å². The molecule has 0 fully saturated rings. The van der Waals surface area contributed by atoms with Crippen molar-refractivity contribution >= 4 is 39.2 Å². The number of rotatable bonds is 4. The van der Waals surface area contributed by atoms with Crippen LogP contribution in [0.15, 0.2) is 33.2 Å². The molecule has 1 heterocycles. The van der Waals surface area contributed by atoms with E-state index in [4.69, 9.17) is 16.0 Å². The van der Waals surface area contributed by atoms with Gasteiger partial charge in [0.15, 0.2) is 0 Å². The van der Waals surface area contributed by atoms with Gasteiger partial charge in [-0.15, -0.1) is 16.7 Å². The minimum atomic E-state index is 0.377. The predicted octanol–water partition coefficient (Wildman–Crippen LogP) is 3.36. The summed E-state index contributed by atoms with van der Waals surface area (Å²) in [5.41, 5.74) is 0.893. The fourth-order valence-corrected chi connectivity index (χ4v) is 1.57. The summed E-state index contributed by atoms with van der Waals surface area (Å²) in [5.74, 6) is 1.01. The highest BCUT2D eigenvalue weighted by Crippen LogP contribution is 2.18. The van der Waals surface area contributed by atoms with E-state index in [2.05, 4.69) is 31.4 Å². The third-order valence-corrected chi connectivity index (χ3v) is 2.59. The Labute approximate surface area is 106 Å². The van der Waals surface area contributed by atoms with Crippen LogP contribution in [0.5, 0.6) is 0 Å². The Kier molecular flexibility index (Phi) is 3.79. The molecular formula is C10H9BrClN3O. The number of nitrogens with zero attached hydrogens (tertiary/aromatic N) is 2. The molecule has 0 saturated heterocycles. The molecule has 0 radical (unpaired) electrons. The standard InChI is InChI=1S/C10H9BrClN3O/c11-7-1-3-8(4-2-7)13-10-15-14-9(16-10)5-6-12/h1-4H,5-6H2,(H,13,15). The quantitative estimate of drug-likeness (QED) is 0.880. The van der Waals surface area contributed by atoms with Crippen LogP contribution < -0.4 is 5.32 Å². The van der Waals surface area contributed by atoms with Crippen molar-refractivity contribution in [1.82, 2.24) is 10.2 Å². The minimum Gasteiger partial charge on any atom is -0.408 e. The van der Waals surface area contributed by atoms with Crippen molar-refractivity contribution in [2.45, 2.75) is 6.42 Å². The summed E-state index contributed by atoms with van der Waals surface area (Å²) < 4.78 is 6.35. The Hall–Kier alpha value is -1.07. The van der Waals surface area contributed by atoms with Crippen LogP contribution in [0.25, 0.3) is 0 Å². The fourth-order valence-electron chi connectivity index (χ4n) is 1.14. The van der Waals surface area contributed by atoms with Crippen LogP contribution in [0.3, 0.4) is 0 Å². The number of hydrogen-bond acceptors (Lipinski definition) is 4. The lowest BCUT2D eigenvalue weighted by Gasteiger charge is -2.00. The summed E-state index contributed by atoms with van der Waals surface area (Å²) in [5, 5.41) is 10.7. The highest BCUT2D eigenvalue weighted by Gasteiger charge is 2.05. The second kappa shape index (κ2) is 5.32. The first-order chi connectivity index (χ1) is 7.78. The zero-order valence-corrected chi connectivity index (χ0v) is 10.6. The van der Waals surface area contributed by atoms with Crippen molar-refractivity contribution in [3.8, 4) is 0 Å². The second-order valence-electron chi connectivity index (χ2n) is 3.07. The van der Waals surface area contributed by atoms with Gasteiger partial charge in [-0.1, -0.05) is 21.0 Å². The Morgan fingerprint density at radius 2 is 2.00 bits per heavy atom. The maximum absolute atomic E-state index is 5.57. The number of halogens is 2. The van der Waals surface area contributed by atoms with E-state index in [9.17, 15) is 0 Å². The van der Waals surface area contributed by atoms with Crippen LogP contribution in [-0.4, -0.2) is 16.1 Å². The SMILES string of the molecule is ClCCc1nnc(Nc2ccc(Br)cc2)o1. The number of nitrogens with one attached hydrogen (secondary N) is 1. The number of hydrogen-bond donors (Lipinski definition) is 1. The number of aryl methyl sites for hydroxylation is 1. The first-order valence-electron chi connectivity index (χ1n) is 4.69. The molecule has 0 aliphatic carbocycles. The van der Waals surface area contributed by atoms with Crippen molar-refractivity contribution in [2.24, 2.45) is 0 Å². The summed E-state index contributed by atoms with van der Waals surface area (Å²) >= 11 is 8.93. The molecule has 0 aliphatic heterocycles. The summed E-state index contributed by atoms with van der Waals surface area (Å²) in [4.78, 5) is 0. The number of benzene rings is 1. The molecule has 2 rings (SSSR count). The molecule has 16 heavy (non-hydrogen) atoms. The molecule has 0 bridgehead atoms. The summed E-state index contributed by atoms with van der Waals surface area (Å²) in [7, 11) is 0. The van der Waals surface area contributed by atoms with Gasteiger partial charge in [-0.3, -0.25) is 0 Å². The van der Waals surface area contributed by atoms with Crippen molar-refractivity contribution in [3.05, 3.63) is 34.6 Å². The van der Waals surface area contributed by atoms with Crippen molar-refractivity contribution < 1.29 is 4.42 Å². The lowest BCUT2D eigenvalue weighted by molar-refractivity contribution is 0.516. The Morgan fingerprint density at radius 1 is 1.25 bits per heavy atom. The van der Waals surface area contributed by atoms with Gasteiger partial charge in [0.1, 0.15) is 0 Å². The number of aromatic nitrogens is 2. The lowest BCUT2D eigenvalue weighted by atomic mass is 10.3. The van der Waals surface area contributed by atoms with Crippen LogP contribution in [0, 0.1) is 0 Å². The average molecular weight is 303 g/mol. The topological polar surface area (TPSA) is 51.0 Å². The Balaban J connectivity index is 2.05. The van der Waals surface area contributed by atoms with Crippen LogP contribution >= 0.6 is 27.5 Å². The van der Waals surface area contributed by atoms with E-state index in [1.54, 1.807) is 0 Å². The van der Waals surface area contributed by atoms with E-state index in [0.29, 0.717) is 24.2 Å². The highest BCUT2D eigenvalue weighted by atomic mass is 79.9. The molecule has 6 heteroatoms. The molecule has 0 spiro atoms. The van der Waals surface area contributed by atoms with E-state index < -0.39 is 0 Å². The summed E-state index contributed by atoms with van der Waals surface area (Å²) in [6, 6.07) is 8.06. The van der Waals surface area contributed by atoms with Gasteiger partial charge in [-0.05, 0) is 24.3 Å². The van der Waals surface area contributed by atoms with E-state index in [1.165, 1.54) is 0 Å². The zero-order valence-electron chi connectivity index (χ0n) is 8.28. The molecule has 2 aromatic rings. The minimum absolute atomic E-state index is 0.377. The lowest BCUT2D eigenvalue weighted by Crippen LogP contribution is -1.89. The van der Waals surface area contributed by atoms with Crippen LogP contribution in [0.2, 0.25) is 0 Å². The zero-order chi connectivity index (χ0) is 11.4. The highest BCUT2D eigenvalue weighted by molar-refractivity contribution is 9.10. The smallest absolute Gasteiger partial charge is 0.320 e. The molecule has 1 N–H and O–H groups in total. The fraction of sp³-hybridized carbons (Fsp3) is 0.200. The third kappa shape index (κ3) is 2.96. The van der Waals surface area contributed by atoms with Crippen molar-refractivity contribution in [1.29, 1.82) is 0 Å². The van der Waals surface area contributed by atoms with Gasteiger partial charge in [0, 0.05) is 22.5 Å². The van der Waals surface area contributed by atoms with Gasteiger partial charge >= 0.3 is 6.01 Å².